The first kappa shape index (κ1) is 23.6. The van der Waals surface area contributed by atoms with Crippen LogP contribution in [0.4, 0.5) is 0 Å². The van der Waals surface area contributed by atoms with Gasteiger partial charge in [-0.1, -0.05) is 77.0 Å². The van der Waals surface area contributed by atoms with Crippen molar-refractivity contribution in [2.24, 2.45) is 11.3 Å². The van der Waals surface area contributed by atoms with Crippen LogP contribution in [-0.4, -0.2) is 24.2 Å². The molecular weight excluding hydrogens is 382 g/mol. The summed E-state index contributed by atoms with van der Waals surface area (Å²) in [7, 11) is 0. The third-order valence-corrected chi connectivity index (χ3v) is 9.68. The minimum atomic E-state index is 0.0825. The maximum Gasteiger partial charge on any atom is 0.246 e. The standard InChI is InChI=1S/C28H49NO2/c30-26(23-31-25-15-11-7-3-4-8-12-16-25)29-28-20-17-27(18-21-28,19-22-28)24-13-9-5-1-2-6-10-14-24/h24-25H,1-23H2,(H,29,30). The van der Waals surface area contributed by atoms with Crippen LogP contribution in [0.25, 0.3) is 0 Å². The lowest BCUT2D eigenvalue weighted by Gasteiger charge is -2.57. The molecule has 178 valence electrons. The zero-order valence-electron chi connectivity index (χ0n) is 20.2. The van der Waals surface area contributed by atoms with E-state index in [2.05, 4.69) is 5.32 Å². The third kappa shape index (κ3) is 6.49. The second-order valence-corrected chi connectivity index (χ2v) is 11.7. The summed E-state index contributed by atoms with van der Waals surface area (Å²) < 4.78 is 6.12. The molecule has 0 aromatic rings. The summed E-state index contributed by atoms with van der Waals surface area (Å²) in [5, 5.41) is 3.49. The molecular formula is C28H49NO2. The van der Waals surface area contributed by atoms with Gasteiger partial charge in [-0.05, 0) is 75.5 Å². The summed E-state index contributed by atoms with van der Waals surface area (Å²) in [6.07, 6.45) is 29.8. The van der Waals surface area contributed by atoms with Crippen molar-refractivity contribution >= 4 is 5.91 Å². The lowest BCUT2D eigenvalue weighted by Crippen LogP contribution is -2.58. The number of hydrogen-bond acceptors (Lipinski definition) is 2. The highest BCUT2D eigenvalue weighted by molar-refractivity contribution is 5.78. The molecule has 0 radical (unpaired) electrons. The van der Waals surface area contributed by atoms with Gasteiger partial charge in [0, 0.05) is 5.54 Å². The van der Waals surface area contributed by atoms with Crippen molar-refractivity contribution in [1.29, 1.82) is 0 Å². The number of carbonyl (C=O) groups is 1. The maximum atomic E-state index is 12.8. The van der Waals surface area contributed by atoms with Crippen LogP contribution in [0, 0.1) is 11.3 Å². The van der Waals surface area contributed by atoms with Crippen molar-refractivity contribution in [3.8, 4) is 0 Å². The van der Waals surface area contributed by atoms with Crippen LogP contribution in [0.2, 0.25) is 0 Å². The molecule has 0 spiro atoms. The Bertz CT molecular complexity index is 515. The van der Waals surface area contributed by atoms with E-state index in [1.165, 1.54) is 128 Å². The van der Waals surface area contributed by atoms with Crippen molar-refractivity contribution in [1.82, 2.24) is 5.32 Å². The van der Waals surface area contributed by atoms with Gasteiger partial charge < -0.3 is 10.1 Å². The Morgan fingerprint density at radius 2 is 1.10 bits per heavy atom. The molecule has 31 heavy (non-hydrogen) atoms. The Hall–Kier alpha value is -0.570. The molecule has 2 bridgehead atoms. The van der Waals surface area contributed by atoms with Crippen LogP contribution >= 0.6 is 0 Å². The monoisotopic (exact) mass is 431 g/mol. The van der Waals surface area contributed by atoms with Gasteiger partial charge in [-0.3, -0.25) is 4.79 Å². The molecule has 0 aromatic heterocycles. The molecule has 1 amide bonds. The number of rotatable bonds is 5. The lowest BCUT2D eigenvalue weighted by atomic mass is 9.51. The largest absolute Gasteiger partial charge is 0.368 e. The predicted molar refractivity (Wildman–Crippen MR) is 128 cm³/mol. The summed E-state index contributed by atoms with van der Waals surface area (Å²) in [6.45, 7) is 0.278. The van der Waals surface area contributed by atoms with Gasteiger partial charge in [0.05, 0.1) is 6.10 Å². The van der Waals surface area contributed by atoms with Gasteiger partial charge in [0.15, 0.2) is 0 Å². The van der Waals surface area contributed by atoms with Gasteiger partial charge >= 0.3 is 0 Å². The van der Waals surface area contributed by atoms with Crippen LogP contribution < -0.4 is 5.32 Å². The highest BCUT2D eigenvalue weighted by atomic mass is 16.5. The molecule has 0 heterocycles. The maximum absolute atomic E-state index is 12.8. The number of nitrogens with one attached hydrogen (secondary N) is 1. The van der Waals surface area contributed by atoms with Crippen LogP contribution in [-0.2, 0) is 9.53 Å². The molecule has 0 aliphatic heterocycles. The summed E-state index contributed by atoms with van der Waals surface area (Å²) in [4.78, 5) is 12.8. The predicted octanol–water partition coefficient (Wildman–Crippen LogP) is 7.47. The first-order valence-electron chi connectivity index (χ1n) is 14.1. The molecule has 3 nitrogen and oxygen atoms in total. The molecule has 5 rings (SSSR count). The Labute approximate surface area is 191 Å². The summed E-state index contributed by atoms with van der Waals surface area (Å²) in [5.41, 5.74) is 0.684. The Kier molecular flexibility index (Phi) is 8.77. The van der Waals surface area contributed by atoms with E-state index in [9.17, 15) is 4.79 Å². The second-order valence-electron chi connectivity index (χ2n) is 11.7. The van der Waals surface area contributed by atoms with Crippen LogP contribution in [0.5, 0.6) is 0 Å². The second kappa shape index (κ2) is 11.5. The number of ether oxygens (including phenoxy) is 1. The summed E-state index contributed by atoms with van der Waals surface area (Å²) >= 11 is 0. The molecule has 5 fully saturated rings. The first-order chi connectivity index (χ1) is 15.2. The normalized spacial score (nSPS) is 34.6. The zero-order valence-corrected chi connectivity index (χ0v) is 20.2. The lowest BCUT2D eigenvalue weighted by molar-refractivity contribution is -0.133. The van der Waals surface area contributed by atoms with Crippen molar-refractivity contribution in [2.45, 2.75) is 153 Å². The summed E-state index contributed by atoms with van der Waals surface area (Å²) in [5.74, 6) is 1.10. The third-order valence-electron chi connectivity index (χ3n) is 9.68. The zero-order chi connectivity index (χ0) is 21.4. The Morgan fingerprint density at radius 3 is 1.61 bits per heavy atom. The molecule has 1 N–H and O–H groups in total. The molecule has 5 aliphatic carbocycles. The van der Waals surface area contributed by atoms with E-state index in [0.717, 1.165) is 18.8 Å². The Morgan fingerprint density at radius 1 is 0.645 bits per heavy atom. The quantitative estimate of drug-likeness (QED) is 0.490. The fraction of sp³-hybridized carbons (Fsp3) is 0.964. The van der Waals surface area contributed by atoms with Gasteiger partial charge in [-0.25, -0.2) is 0 Å². The topological polar surface area (TPSA) is 38.3 Å². The molecule has 0 unspecified atom stereocenters. The first-order valence-corrected chi connectivity index (χ1v) is 14.1. The van der Waals surface area contributed by atoms with Gasteiger partial charge in [0.1, 0.15) is 6.61 Å². The van der Waals surface area contributed by atoms with Gasteiger partial charge in [-0.2, -0.15) is 0 Å². The minimum absolute atomic E-state index is 0.0825. The number of carbonyl (C=O) groups excluding carboxylic acids is 1. The molecule has 0 atom stereocenters. The van der Waals surface area contributed by atoms with E-state index in [1.807, 2.05) is 0 Å². The SMILES string of the molecule is O=C(COC1CCCCCCCC1)NC12CCC(C3CCCCCCCC3)(CC1)CC2. The van der Waals surface area contributed by atoms with E-state index in [1.54, 1.807) is 0 Å². The highest BCUT2D eigenvalue weighted by Crippen LogP contribution is 2.58. The van der Waals surface area contributed by atoms with Crippen molar-refractivity contribution in [3.05, 3.63) is 0 Å². The van der Waals surface area contributed by atoms with Crippen LogP contribution in [0.15, 0.2) is 0 Å². The number of hydrogen-bond donors (Lipinski definition) is 1. The fourth-order valence-electron chi connectivity index (χ4n) is 7.55. The summed E-state index contributed by atoms with van der Waals surface area (Å²) in [6, 6.07) is 0. The highest BCUT2D eigenvalue weighted by Gasteiger charge is 2.51. The Balaban J connectivity index is 1.24. The number of amides is 1. The van der Waals surface area contributed by atoms with E-state index in [0.29, 0.717) is 11.5 Å². The van der Waals surface area contributed by atoms with E-state index >= 15 is 0 Å². The van der Waals surface area contributed by atoms with E-state index in [-0.39, 0.29) is 18.1 Å². The minimum Gasteiger partial charge on any atom is -0.368 e. The fourth-order valence-corrected chi connectivity index (χ4v) is 7.55. The van der Waals surface area contributed by atoms with Gasteiger partial charge in [0.25, 0.3) is 0 Å². The van der Waals surface area contributed by atoms with Gasteiger partial charge in [-0.15, -0.1) is 0 Å². The van der Waals surface area contributed by atoms with Crippen LogP contribution in [0.1, 0.15) is 141 Å². The molecule has 0 aromatic carbocycles. The molecule has 5 saturated carbocycles. The van der Waals surface area contributed by atoms with E-state index < -0.39 is 0 Å². The van der Waals surface area contributed by atoms with Crippen molar-refractivity contribution in [2.75, 3.05) is 6.61 Å². The number of fused-ring (bicyclic) bond motifs is 3. The van der Waals surface area contributed by atoms with Gasteiger partial charge in [0.2, 0.25) is 5.91 Å². The van der Waals surface area contributed by atoms with E-state index in [4.69, 9.17) is 4.74 Å². The average Bonchev–Trinajstić information content (AvgIpc) is 3.02. The van der Waals surface area contributed by atoms with Crippen molar-refractivity contribution in [3.63, 3.8) is 0 Å². The molecule has 3 heteroatoms. The molecule has 5 aliphatic rings. The average molecular weight is 432 g/mol. The smallest absolute Gasteiger partial charge is 0.246 e. The van der Waals surface area contributed by atoms with Crippen molar-refractivity contribution < 1.29 is 9.53 Å². The van der Waals surface area contributed by atoms with Crippen LogP contribution in [0.3, 0.4) is 0 Å². The molecule has 0 saturated heterocycles.